The summed E-state index contributed by atoms with van der Waals surface area (Å²) < 4.78 is 2.42. The van der Waals surface area contributed by atoms with Gasteiger partial charge in [-0.3, -0.25) is 9.97 Å². The first-order chi connectivity index (χ1) is 27.2. The minimum Gasteiger partial charge on any atom is -0.308 e. The van der Waals surface area contributed by atoms with E-state index >= 15 is 0 Å². The molecule has 6 aromatic carbocycles. The number of nitrogens with zero attached hydrogens (tertiary/aromatic N) is 5. The summed E-state index contributed by atoms with van der Waals surface area (Å²) in [6.45, 7) is 2.18. The summed E-state index contributed by atoms with van der Waals surface area (Å²) in [5, 5.41) is 4.77. The van der Waals surface area contributed by atoms with Crippen molar-refractivity contribution in [1.82, 2.24) is 19.5 Å². The molecule has 0 amide bonds. The SMILES string of the molecule is Cc1ccccc1N(c1ccccc1)c1ccc(-c2ccc3ccccc3c2)c2c3ccccc3n(-c3cc(-c4ccccn4)nc(-c4ccccn4)c3)c12. The molecule has 5 heteroatoms. The first kappa shape index (κ1) is 32.3. The second kappa shape index (κ2) is 13.6. The summed E-state index contributed by atoms with van der Waals surface area (Å²) in [4.78, 5) is 17.0. The molecule has 0 aliphatic heterocycles. The molecule has 5 nitrogen and oxygen atoms in total. The van der Waals surface area contributed by atoms with E-state index in [0.29, 0.717) is 0 Å². The van der Waals surface area contributed by atoms with Gasteiger partial charge in [-0.1, -0.05) is 109 Å². The lowest BCUT2D eigenvalue weighted by Gasteiger charge is -2.29. The Morgan fingerprint density at radius 1 is 0.491 bits per heavy atom. The van der Waals surface area contributed by atoms with E-state index in [9.17, 15) is 0 Å². The molecule has 0 fully saturated rings. The standard InChI is InChI=1S/C50H35N5/c1-34-15-5-9-23-46(34)54(38-18-3-2-4-19-38)48-28-27-40(37-26-25-35-16-6-7-17-36(35)31-37)49-41-20-8-10-24-47(41)55(50(48)49)39-32-44(42-21-11-13-29-51-42)53-45(33-39)43-22-12-14-30-52-43/h2-33H,1H3. The van der Waals surface area contributed by atoms with Gasteiger partial charge in [0.25, 0.3) is 0 Å². The van der Waals surface area contributed by atoms with E-state index in [4.69, 9.17) is 15.0 Å². The summed E-state index contributed by atoms with van der Waals surface area (Å²) in [5.74, 6) is 0. The average Bonchev–Trinajstić information content (AvgIpc) is 3.61. The third-order valence-corrected chi connectivity index (χ3v) is 10.4. The lowest BCUT2D eigenvalue weighted by atomic mass is 9.96. The predicted molar refractivity (Wildman–Crippen MR) is 227 cm³/mol. The summed E-state index contributed by atoms with van der Waals surface area (Å²) in [6, 6.07) is 64.2. The number of benzene rings is 6. The molecule has 0 unspecified atom stereocenters. The van der Waals surface area contributed by atoms with Crippen LogP contribution in [0.15, 0.2) is 194 Å². The van der Waals surface area contributed by atoms with Gasteiger partial charge in [-0.2, -0.15) is 0 Å². The highest BCUT2D eigenvalue weighted by molar-refractivity contribution is 6.20. The number of hydrogen-bond donors (Lipinski definition) is 0. The highest BCUT2D eigenvalue weighted by Gasteiger charge is 2.25. The van der Waals surface area contributed by atoms with E-state index in [1.54, 1.807) is 0 Å². The fraction of sp³-hybridized carbons (Fsp3) is 0.0200. The van der Waals surface area contributed by atoms with Crippen LogP contribution in [0, 0.1) is 6.92 Å². The van der Waals surface area contributed by atoms with Crippen molar-refractivity contribution in [3.63, 3.8) is 0 Å². The molecule has 0 spiro atoms. The number of fused-ring (bicyclic) bond motifs is 4. The molecule has 4 aromatic heterocycles. The molecule has 4 heterocycles. The minimum absolute atomic E-state index is 0.774. The maximum Gasteiger partial charge on any atom is 0.0915 e. The van der Waals surface area contributed by atoms with E-state index in [1.807, 2.05) is 48.8 Å². The normalized spacial score (nSPS) is 11.4. The first-order valence-corrected chi connectivity index (χ1v) is 18.5. The largest absolute Gasteiger partial charge is 0.308 e. The Hall–Kier alpha value is -7.37. The number of aromatic nitrogens is 4. The quantitative estimate of drug-likeness (QED) is 0.166. The van der Waals surface area contributed by atoms with Crippen molar-refractivity contribution in [3.8, 4) is 39.6 Å². The van der Waals surface area contributed by atoms with E-state index in [0.717, 1.165) is 61.9 Å². The maximum absolute atomic E-state index is 5.15. The molecule has 0 aliphatic carbocycles. The van der Waals surface area contributed by atoms with E-state index in [-0.39, 0.29) is 0 Å². The Morgan fingerprint density at radius 3 is 1.87 bits per heavy atom. The third kappa shape index (κ3) is 5.70. The molecule has 55 heavy (non-hydrogen) atoms. The van der Waals surface area contributed by atoms with Gasteiger partial charge in [-0.15, -0.1) is 0 Å². The number of hydrogen-bond acceptors (Lipinski definition) is 4. The van der Waals surface area contributed by atoms with Crippen LogP contribution in [0.1, 0.15) is 5.56 Å². The highest BCUT2D eigenvalue weighted by atomic mass is 15.2. The third-order valence-electron chi connectivity index (χ3n) is 10.4. The topological polar surface area (TPSA) is 46.8 Å². The van der Waals surface area contributed by atoms with Gasteiger partial charge in [0, 0.05) is 34.5 Å². The van der Waals surface area contributed by atoms with Crippen LogP contribution in [0.4, 0.5) is 17.1 Å². The van der Waals surface area contributed by atoms with Crippen molar-refractivity contribution in [2.24, 2.45) is 0 Å². The lowest BCUT2D eigenvalue weighted by molar-refractivity contribution is 1.13. The molecule has 10 rings (SSSR count). The fourth-order valence-electron chi connectivity index (χ4n) is 7.86. The van der Waals surface area contributed by atoms with Gasteiger partial charge in [0.05, 0.1) is 45.2 Å². The Kier molecular flexibility index (Phi) is 7.96. The maximum atomic E-state index is 5.15. The van der Waals surface area contributed by atoms with Crippen LogP contribution in [0.3, 0.4) is 0 Å². The molecule has 0 saturated carbocycles. The van der Waals surface area contributed by atoms with Crippen molar-refractivity contribution in [3.05, 3.63) is 200 Å². The van der Waals surface area contributed by atoms with Crippen LogP contribution in [0.2, 0.25) is 0 Å². The van der Waals surface area contributed by atoms with Crippen LogP contribution >= 0.6 is 0 Å². The van der Waals surface area contributed by atoms with Crippen LogP contribution in [-0.4, -0.2) is 19.5 Å². The number of rotatable bonds is 7. The summed E-state index contributed by atoms with van der Waals surface area (Å²) in [7, 11) is 0. The highest BCUT2D eigenvalue weighted by Crippen LogP contribution is 2.48. The number of anilines is 3. The number of para-hydroxylation sites is 3. The van der Waals surface area contributed by atoms with Crippen LogP contribution in [0.5, 0.6) is 0 Å². The van der Waals surface area contributed by atoms with Crippen molar-refractivity contribution in [2.75, 3.05) is 4.90 Å². The van der Waals surface area contributed by atoms with Gasteiger partial charge in [-0.05, 0) is 107 Å². The molecule has 0 aliphatic rings. The second-order valence-electron chi connectivity index (χ2n) is 13.8. The molecule has 260 valence electrons. The van der Waals surface area contributed by atoms with Crippen molar-refractivity contribution >= 4 is 49.6 Å². The van der Waals surface area contributed by atoms with Gasteiger partial charge in [0.1, 0.15) is 0 Å². The van der Waals surface area contributed by atoms with Crippen LogP contribution in [-0.2, 0) is 0 Å². The number of pyridine rings is 3. The Morgan fingerprint density at radius 2 is 1.15 bits per heavy atom. The van der Waals surface area contributed by atoms with Crippen LogP contribution in [0.25, 0.3) is 72.2 Å². The predicted octanol–water partition coefficient (Wildman–Crippen LogP) is 12.9. The van der Waals surface area contributed by atoms with E-state index < -0.39 is 0 Å². The Balaban J connectivity index is 1.36. The molecule has 0 N–H and O–H groups in total. The van der Waals surface area contributed by atoms with E-state index in [2.05, 4.69) is 162 Å². The molecule has 0 bridgehead atoms. The van der Waals surface area contributed by atoms with Crippen molar-refractivity contribution in [1.29, 1.82) is 0 Å². The summed E-state index contributed by atoms with van der Waals surface area (Å²) in [6.07, 6.45) is 3.64. The Labute approximate surface area is 319 Å². The zero-order valence-corrected chi connectivity index (χ0v) is 30.2. The second-order valence-corrected chi connectivity index (χ2v) is 13.8. The molecular weight excluding hydrogens is 671 g/mol. The fourth-order valence-corrected chi connectivity index (χ4v) is 7.86. The Bertz CT molecular complexity index is 2930. The summed E-state index contributed by atoms with van der Waals surface area (Å²) >= 11 is 0. The summed E-state index contributed by atoms with van der Waals surface area (Å²) in [5.41, 5.74) is 13.1. The van der Waals surface area contributed by atoms with Gasteiger partial charge < -0.3 is 9.47 Å². The van der Waals surface area contributed by atoms with E-state index in [1.165, 1.54) is 32.8 Å². The zero-order valence-electron chi connectivity index (χ0n) is 30.2. The van der Waals surface area contributed by atoms with Gasteiger partial charge in [0.15, 0.2) is 0 Å². The van der Waals surface area contributed by atoms with Gasteiger partial charge >= 0.3 is 0 Å². The lowest BCUT2D eigenvalue weighted by Crippen LogP contribution is -2.13. The van der Waals surface area contributed by atoms with Gasteiger partial charge in [-0.25, -0.2) is 4.98 Å². The van der Waals surface area contributed by atoms with Crippen molar-refractivity contribution in [2.45, 2.75) is 6.92 Å². The minimum atomic E-state index is 0.774. The van der Waals surface area contributed by atoms with Crippen molar-refractivity contribution < 1.29 is 0 Å². The molecule has 0 radical (unpaired) electrons. The smallest absolute Gasteiger partial charge is 0.0915 e. The molecular formula is C50H35N5. The molecule has 0 saturated heterocycles. The first-order valence-electron chi connectivity index (χ1n) is 18.5. The zero-order chi connectivity index (χ0) is 36.7. The number of aryl methyl sites for hydroxylation is 1. The van der Waals surface area contributed by atoms with Crippen LogP contribution < -0.4 is 4.90 Å². The average molecular weight is 706 g/mol. The molecule has 0 atom stereocenters. The monoisotopic (exact) mass is 705 g/mol. The van der Waals surface area contributed by atoms with Gasteiger partial charge in [0.2, 0.25) is 0 Å². The molecule has 10 aromatic rings.